The minimum absolute atomic E-state index is 0.528. The molecule has 0 fully saturated rings. The molecule has 3 nitrogen and oxygen atoms in total. The van der Waals surface area contributed by atoms with Gasteiger partial charge in [-0.1, -0.05) is 22.9 Å². The Labute approximate surface area is 99.6 Å². The minimum atomic E-state index is -2.26. The van der Waals surface area contributed by atoms with Crippen molar-refractivity contribution in [1.82, 2.24) is 0 Å². The lowest BCUT2D eigenvalue weighted by atomic mass is 10.3. The fraction of sp³-hybridized carbons (Fsp3) is 0.400. The largest absolute Gasteiger partial charge is 0.387 e. The van der Waals surface area contributed by atoms with Gasteiger partial charge in [-0.2, -0.15) is 0 Å². The molecule has 84 valence electrons. The highest BCUT2D eigenvalue weighted by Gasteiger charge is 2.13. The van der Waals surface area contributed by atoms with Gasteiger partial charge in [0.2, 0.25) is 0 Å². The van der Waals surface area contributed by atoms with Crippen molar-refractivity contribution in [3.05, 3.63) is 22.7 Å². The smallest absolute Gasteiger partial charge is 0.0767 e. The third kappa shape index (κ3) is 2.52. The van der Waals surface area contributed by atoms with Crippen molar-refractivity contribution in [3.8, 4) is 0 Å². The average molecular weight is 291 g/mol. The van der Waals surface area contributed by atoms with Gasteiger partial charge in [0, 0.05) is 24.3 Å². The van der Waals surface area contributed by atoms with Crippen LogP contribution in [0.3, 0.4) is 0 Å². The van der Waals surface area contributed by atoms with Crippen molar-refractivity contribution in [2.75, 3.05) is 25.2 Å². The van der Waals surface area contributed by atoms with Crippen LogP contribution in [0.1, 0.15) is 6.92 Å². The molecule has 1 unspecified atom stereocenters. The molecule has 0 aliphatic heterocycles. The summed E-state index contributed by atoms with van der Waals surface area (Å²) in [7, 11) is 1.16. The van der Waals surface area contributed by atoms with E-state index in [9.17, 15) is 4.21 Å². The van der Waals surface area contributed by atoms with Crippen molar-refractivity contribution in [3.63, 3.8) is 0 Å². The highest BCUT2D eigenvalue weighted by Crippen LogP contribution is 2.27. The van der Waals surface area contributed by atoms with E-state index in [0.717, 1.165) is 15.1 Å². The normalized spacial score (nSPS) is 14.4. The molecular weight excluding hydrogens is 276 g/mol. The maximum absolute atomic E-state index is 12.4. The van der Waals surface area contributed by atoms with Crippen LogP contribution >= 0.6 is 15.9 Å². The molecule has 0 saturated carbocycles. The molecule has 0 saturated heterocycles. The van der Waals surface area contributed by atoms with E-state index < -0.39 is 9.73 Å². The van der Waals surface area contributed by atoms with Gasteiger partial charge in [-0.25, -0.2) is 8.57 Å². The van der Waals surface area contributed by atoms with Crippen molar-refractivity contribution in [2.45, 2.75) is 11.8 Å². The fourth-order valence-electron chi connectivity index (χ4n) is 1.36. The van der Waals surface area contributed by atoms with Gasteiger partial charge in [0.25, 0.3) is 0 Å². The van der Waals surface area contributed by atoms with Gasteiger partial charge in [0.15, 0.2) is 0 Å². The summed E-state index contributed by atoms with van der Waals surface area (Å²) < 4.78 is 17.4. The number of rotatable bonds is 3. The first-order chi connectivity index (χ1) is 7.07. The number of benzene rings is 1. The first-order valence-corrected chi connectivity index (χ1v) is 7.15. The molecular formula is C10H15BrN2OS. The van der Waals surface area contributed by atoms with Crippen LogP contribution in [0.5, 0.6) is 0 Å². The number of anilines is 1. The summed E-state index contributed by atoms with van der Waals surface area (Å²) >= 11 is 3.38. The van der Waals surface area contributed by atoms with E-state index in [4.69, 9.17) is 0 Å². The predicted octanol–water partition coefficient (Wildman–Crippen LogP) is 2.97. The average Bonchev–Trinajstić information content (AvgIpc) is 2.27. The molecule has 0 aliphatic rings. The third-order valence-electron chi connectivity index (χ3n) is 2.24. The Morgan fingerprint density at radius 3 is 2.67 bits per heavy atom. The van der Waals surface area contributed by atoms with Crippen molar-refractivity contribution in [1.29, 1.82) is 0 Å². The molecule has 1 aromatic carbocycles. The van der Waals surface area contributed by atoms with Crippen LogP contribution in [0.25, 0.3) is 0 Å². The van der Waals surface area contributed by atoms with Crippen molar-refractivity contribution < 1.29 is 4.21 Å². The molecule has 0 radical (unpaired) electrons. The first-order valence-electron chi connectivity index (χ1n) is 4.67. The summed E-state index contributed by atoms with van der Waals surface area (Å²) in [6.45, 7) is 1.89. The Balaban J connectivity index is 3.44. The van der Waals surface area contributed by atoms with Gasteiger partial charge in [-0.15, -0.1) is 0 Å². The van der Waals surface area contributed by atoms with Gasteiger partial charge < -0.3 is 5.32 Å². The van der Waals surface area contributed by atoms with E-state index in [-0.39, 0.29) is 0 Å². The van der Waals surface area contributed by atoms with Gasteiger partial charge in [-0.05, 0) is 18.2 Å². The highest BCUT2D eigenvalue weighted by atomic mass is 79.9. The van der Waals surface area contributed by atoms with Gasteiger partial charge in [0.1, 0.15) is 0 Å². The molecule has 0 aliphatic carbocycles. The lowest BCUT2D eigenvalue weighted by Gasteiger charge is -2.12. The molecule has 0 amide bonds. The fourth-order valence-corrected chi connectivity index (χ4v) is 3.27. The monoisotopic (exact) mass is 290 g/mol. The number of nitrogens with one attached hydrogen (secondary N) is 1. The standard InChI is InChI=1S/C10H15BrN2OS/c1-4-15(14,13-3)10-6-5-8(11)7-9(10)12-2/h5-7,12H,4H2,1-3H3. The molecule has 1 aromatic rings. The number of hydrogen-bond donors (Lipinski definition) is 1. The molecule has 0 bridgehead atoms. The number of nitrogens with zero attached hydrogens (tertiary/aromatic N) is 1. The van der Waals surface area contributed by atoms with Crippen molar-refractivity contribution in [2.24, 2.45) is 4.36 Å². The summed E-state index contributed by atoms with van der Waals surface area (Å²) in [6.07, 6.45) is 0. The molecule has 1 rings (SSSR count). The summed E-state index contributed by atoms with van der Waals surface area (Å²) in [4.78, 5) is 0.776. The topological polar surface area (TPSA) is 41.5 Å². The molecule has 1 N–H and O–H groups in total. The lowest BCUT2D eigenvalue weighted by Crippen LogP contribution is -2.07. The lowest BCUT2D eigenvalue weighted by molar-refractivity contribution is 0.677. The van der Waals surface area contributed by atoms with Crippen LogP contribution in [0.4, 0.5) is 5.69 Å². The van der Waals surface area contributed by atoms with Gasteiger partial charge >= 0.3 is 0 Å². The van der Waals surface area contributed by atoms with E-state index in [1.807, 2.05) is 32.2 Å². The molecule has 0 heterocycles. The quantitative estimate of drug-likeness (QED) is 0.930. The Morgan fingerprint density at radius 2 is 2.20 bits per heavy atom. The SMILES string of the molecule is CCS(=O)(=NC)c1ccc(Br)cc1NC. The van der Waals surface area contributed by atoms with Crippen LogP contribution in [0, 0.1) is 0 Å². The summed E-state index contributed by atoms with van der Waals surface area (Å²) in [6, 6.07) is 5.65. The number of halogens is 1. The number of hydrogen-bond acceptors (Lipinski definition) is 3. The van der Waals surface area contributed by atoms with E-state index in [0.29, 0.717) is 5.75 Å². The maximum Gasteiger partial charge on any atom is 0.0767 e. The zero-order valence-electron chi connectivity index (χ0n) is 9.08. The van der Waals surface area contributed by atoms with Gasteiger partial charge in [0.05, 0.1) is 20.3 Å². The van der Waals surface area contributed by atoms with E-state index in [1.54, 1.807) is 7.05 Å². The van der Waals surface area contributed by atoms with E-state index in [2.05, 4.69) is 25.6 Å². The predicted molar refractivity (Wildman–Crippen MR) is 69.0 cm³/mol. The highest BCUT2D eigenvalue weighted by molar-refractivity contribution is 9.10. The molecule has 0 spiro atoms. The Morgan fingerprint density at radius 1 is 1.53 bits per heavy atom. The van der Waals surface area contributed by atoms with E-state index in [1.165, 1.54) is 0 Å². The van der Waals surface area contributed by atoms with Crippen LogP contribution in [-0.4, -0.2) is 24.1 Å². The summed E-state index contributed by atoms with van der Waals surface area (Å²) in [5, 5.41) is 3.04. The third-order valence-corrected chi connectivity index (χ3v) is 5.15. The van der Waals surface area contributed by atoms with Crippen molar-refractivity contribution >= 4 is 31.3 Å². The first kappa shape index (κ1) is 12.5. The van der Waals surface area contributed by atoms with Crippen LogP contribution in [0.15, 0.2) is 31.9 Å². The van der Waals surface area contributed by atoms with Crippen LogP contribution in [0.2, 0.25) is 0 Å². The second-order valence-corrected chi connectivity index (χ2v) is 6.58. The molecule has 15 heavy (non-hydrogen) atoms. The minimum Gasteiger partial charge on any atom is -0.387 e. The van der Waals surface area contributed by atoms with Crippen LogP contribution in [-0.2, 0) is 9.73 Å². The zero-order valence-corrected chi connectivity index (χ0v) is 11.5. The Kier molecular flexibility index (Phi) is 4.16. The molecule has 5 heteroatoms. The second kappa shape index (κ2) is 4.99. The zero-order chi connectivity index (χ0) is 11.5. The van der Waals surface area contributed by atoms with E-state index >= 15 is 0 Å². The Bertz CT molecular complexity index is 464. The maximum atomic E-state index is 12.4. The molecule has 1 atom stereocenters. The summed E-state index contributed by atoms with van der Waals surface area (Å²) in [5.41, 5.74) is 0.863. The molecule has 0 aromatic heterocycles. The second-order valence-electron chi connectivity index (χ2n) is 3.00. The van der Waals surface area contributed by atoms with Crippen LogP contribution < -0.4 is 5.32 Å². The Hall–Kier alpha value is -0.550. The van der Waals surface area contributed by atoms with Gasteiger partial charge in [-0.3, -0.25) is 0 Å². The summed E-state index contributed by atoms with van der Waals surface area (Å²) in [5.74, 6) is 0.528.